The SMILES string of the molecule is CN=C(NCc1nc(C)c(C)o1)N(C)CCc1ccc(OC)c(OC)c1.I. The van der Waals surface area contributed by atoms with Crippen molar-refractivity contribution in [3.05, 3.63) is 41.1 Å². The molecule has 8 heteroatoms. The molecule has 0 atom stereocenters. The number of nitrogens with one attached hydrogen (secondary N) is 1. The number of likely N-dealkylation sites (N-methyl/N-ethyl adjacent to an activating group) is 1. The smallest absolute Gasteiger partial charge is 0.214 e. The number of rotatable bonds is 7. The number of oxazole rings is 1. The summed E-state index contributed by atoms with van der Waals surface area (Å²) in [5.74, 6) is 3.77. The summed E-state index contributed by atoms with van der Waals surface area (Å²) in [6, 6.07) is 5.97. The first kappa shape index (κ1) is 23.1. The Kier molecular flexibility index (Phi) is 9.40. The normalized spacial score (nSPS) is 11.0. The van der Waals surface area contributed by atoms with Gasteiger partial charge in [-0.15, -0.1) is 24.0 Å². The Hall–Kier alpha value is -1.97. The summed E-state index contributed by atoms with van der Waals surface area (Å²) in [4.78, 5) is 10.8. The van der Waals surface area contributed by atoms with Crippen molar-refractivity contribution in [3.8, 4) is 11.5 Å². The zero-order valence-electron chi connectivity index (χ0n) is 16.8. The number of halogens is 1. The van der Waals surface area contributed by atoms with E-state index in [9.17, 15) is 0 Å². The second-order valence-corrected chi connectivity index (χ2v) is 6.01. The van der Waals surface area contributed by atoms with Gasteiger partial charge >= 0.3 is 0 Å². The van der Waals surface area contributed by atoms with Crippen LogP contribution in [0.15, 0.2) is 27.6 Å². The Morgan fingerprint density at radius 2 is 1.93 bits per heavy atom. The summed E-state index contributed by atoms with van der Waals surface area (Å²) in [7, 11) is 7.05. The molecule has 0 radical (unpaired) electrons. The quantitative estimate of drug-likeness (QED) is 0.367. The van der Waals surface area contributed by atoms with Crippen molar-refractivity contribution in [2.45, 2.75) is 26.8 Å². The standard InChI is InChI=1S/C19H28N4O3.HI/c1-13-14(2)26-18(22-13)12-21-19(20-3)23(4)10-9-15-7-8-16(24-5)17(11-15)25-6;/h7-8,11H,9-10,12H2,1-6H3,(H,20,21);1H. The van der Waals surface area contributed by atoms with E-state index < -0.39 is 0 Å². The van der Waals surface area contributed by atoms with Crippen molar-refractivity contribution in [3.63, 3.8) is 0 Å². The average molecular weight is 488 g/mol. The summed E-state index contributed by atoms with van der Waals surface area (Å²) in [6.45, 7) is 5.16. The Morgan fingerprint density at radius 1 is 1.22 bits per heavy atom. The third-order valence-corrected chi connectivity index (χ3v) is 4.23. The van der Waals surface area contributed by atoms with E-state index in [2.05, 4.69) is 20.2 Å². The van der Waals surface area contributed by atoms with E-state index in [1.807, 2.05) is 39.1 Å². The lowest BCUT2D eigenvalue weighted by atomic mass is 10.1. The second-order valence-electron chi connectivity index (χ2n) is 6.01. The first-order valence-electron chi connectivity index (χ1n) is 8.54. The van der Waals surface area contributed by atoms with Gasteiger partial charge in [-0.3, -0.25) is 4.99 Å². The van der Waals surface area contributed by atoms with Crippen molar-refractivity contribution >= 4 is 29.9 Å². The predicted octanol–water partition coefficient (Wildman–Crippen LogP) is 3.18. The van der Waals surface area contributed by atoms with Crippen LogP contribution in [0, 0.1) is 13.8 Å². The number of aromatic nitrogens is 1. The largest absolute Gasteiger partial charge is 0.493 e. The highest BCUT2D eigenvalue weighted by Gasteiger charge is 2.10. The van der Waals surface area contributed by atoms with Crippen molar-refractivity contribution in [2.75, 3.05) is 34.9 Å². The maximum Gasteiger partial charge on any atom is 0.214 e. The lowest BCUT2D eigenvalue weighted by molar-refractivity contribution is 0.354. The summed E-state index contributed by atoms with van der Waals surface area (Å²) < 4.78 is 16.2. The molecule has 0 amide bonds. The van der Waals surface area contributed by atoms with Crippen LogP contribution in [0.5, 0.6) is 11.5 Å². The van der Waals surface area contributed by atoms with Crippen molar-refractivity contribution in [2.24, 2.45) is 4.99 Å². The van der Waals surface area contributed by atoms with Gasteiger partial charge in [0.25, 0.3) is 0 Å². The van der Waals surface area contributed by atoms with Crippen LogP contribution < -0.4 is 14.8 Å². The van der Waals surface area contributed by atoms with Crippen molar-refractivity contribution in [1.82, 2.24) is 15.2 Å². The fourth-order valence-corrected chi connectivity index (χ4v) is 2.59. The molecule has 2 rings (SSSR count). The van der Waals surface area contributed by atoms with E-state index in [0.717, 1.165) is 41.9 Å². The number of methoxy groups -OCH3 is 2. The monoisotopic (exact) mass is 488 g/mol. The van der Waals surface area contributed by atoms with E-state index >= 15 is 0 Å². The summed E-state index contributed by atoms with van der Waals surface area (Å²) in [6.07, 6.45) is 0.856. The molecule has 1 N–H and O–H groups in total. The summed E-state index contributed by atoms with van der Waals surface area (Å²) in [5, 5.41) is 3.28. The fraction of sp³-hybridized carbons (Fsp3) is 0.474. The van der Waals surface area contributed by atoms with E-state index in [0.29, 0.717) is 12.4 Å². The molecule has 0 aliphatic carbocycles. The Morgan fingerprint density at radius 3 is 2.48 bits per heavy atom. The van der Waals surface area contributed by atoms with Gasteiger partial charge in [0.2, 0.25) is 5.89 Å². The van der Waals surface area contributed by atoms with Crippen LogP contribution in [-0.4, -0.2) is 50.7 Å². The molecule has 0 saturated heterocycles. The predicted molar refractivity (Wildman–Crippen MR) is 117 cm³/mol. The highest BCUT2D eigenvalue weighted by molar-refractivity contribution is 14.0. The lowest BCUT2D eigenvalue weighted by Crippen LogP contribution is -2.39. The number of aryl methyl sites for hydroxylation is 2. The van der Waals surface area contributed by atoms with Crippen LogP contribution in [0.4, 0.5) is 0 Å². The van der Waals surface area contributed by atoms with E-state index in [1.54, 1.807) is 21.3 Å². The zero-order chi connectivity index (χ0) is 19.1. The van der Waals surface area contributed by atoms with Gasteiger partial charge in [-0.25, -0.2) is 4.98 Å². The molecular weight excluding hydrogens is 459 g/mol. The molecule has 0 fully saturated rings. The summed E-state index contributed by atoms with van der Waals surface area (Å²) >= 11 is 0. The molecule has 1 aromatic carbocycles. The molecule has 2 aromatic rings. The number of guanidine groups is 1. The molecule has 0 bridgehead atoms. The third-order valence-electron chi connectivity index (χ3n) is 4.23. The molecule has 1 aromatic heterocycles. The molecule has 27 heavy (non-hydrogen) atoms. The van der Waals surface area contributed by atoms with Crippen LogP contribution in [0.1, 0.15) is 22.9 Å². The molecule has 150 valence electrons. The Labute approximate surface area is 178 Å². The first-order valence-corrected chi connectivity index (χ1v) is 8.54. The Balaban J connectivity index is 0.00000364. The second kappa shape index (κ2) is 11.0. The van der Waals surface area contributed by atoms with Crippen LogP contribution in [0.3, 0.4) is 0 Å². The van der Waals surface area contributed by atoms with Crippen LogP contribution in [0.25, 0.3) is 0 Å². The molecule has 0 spiro atoms. The van der Waals surface area contributed by atoms with E-state index in [1.165, 1.54) is 5.56 Å². The average Bonchev–Trinajstić information content (AvgIpc) is 2.97. The Bertz CT molecular complexity index is 742. The van der Waals surface area contributed by atoms with E-state index in [4.69, 9.17) is 13.9 Å². The summed E-state index contributed by atoms with van der Waals surface area (Å²) in [5.41, 5.74) is 2.09. The minimum absolute atomic E-state index is 0. The van der Waals surface area contributed by atoms with Crippen LogP contribution >= 0.6 is 24.0 Å². The molecule has 0 aliphatic rings. The topological polar surface area (TPSA) is 72.1 Å². The third kappa shape index (κ3) is 6.30. The molecular formula is C19H29IN4O3. The van der Waals surface area contributed by atoms with Gasteiger partial charge in [-0.2, -0.15) is 0 Å². The molecule has 0 saturated carbocycles. The molecule has 7 nitrogen and oxygen atoms in total. The van der Waals surface area contributed by atoms with Gasteiger partial charge in [0.1, 0.15) is 5.76 Å². The number of benzene rings is 1. The molecule has 1 heterocycles. The van der Waals surface area contributed by atoms with Crippen LogP contribution in [-0.2, 0) is 13.0 Å². The number of aliphatic imine (C=N–C) groups is 1. The highest BCUT2D eigenvalue weighted by atomic mass is 127. The van der Waals surface area contributed by atoms with E-state index in [-0.39, 0.29) is 24.0 Å². The lowest BCUT2D eigenvalue weighted by Gasteiger charge is -2.21. The van der Waals surface area contributed by atoms with Gasteiger partial charge < -0.3 is 24.1 Å². The van der Waals surface area contributed by atoms with Gasteiger partial charge in [-0.1, -0.05) is 6.07 Å². The number of ether oxygens (including phenoxy) is 2. The zero-order valence-corrected chi connectivity index (χ0v) is 19.2. The molecule has 0 aliphatic heterocycles. The van der Waals surface area contributed by atoms with Gasteiger partial charge in [0.05, 0.1) is 26.5 Å². The number of nitrogens with zero attached hydrogens (tertiary/aromatic N) is 3. The van der Waals surface area contributed by atoms with Gasteiger partial charge in [-0.05, 0) is 38.0 Å². The first-order chi connectivity index (χ1) is 12.5. The fourth-order valence-electron chi connectivity index (χ4n) is 2.59. The maximum atomic E-state index is 5.59. The molecule has 0 unspecified atom stereocenters. The van der Waals surface area contributed by atoms with Crippen molar-refractivity contribution in [1.29, 1.82) is 0 Å². The van der Waals surface area contributed by atoms with Crippen molar-refractivity contribution < 1.29 is 13.9 Å². The van der Waals surface area contributed by atoms with Gasteiger partial charge in [0, 0.05) is 20.6 Å². The van der Waals surface area contributed by atoms with Crippen LogP contribution in [0.2, 0.25) is 0 Å². The minimum atomic E-state index is 0. The minimum Gasteiger partial charge on any atom is -0.493 e. The van der Waals surface area contributed by atoms with Gasteiger partial charge in [0.15, 0.2) is 17.5 Å². The highest BCUT2D eigenvalue weighted by Crippen LogP contribution is 2.27. The number of hydrogen-bond donors (Lipinski definition) is 1. The number of hydrogen-bond acceptors (Lipinski definition) is 5. The maximum absolute atomic E-state index is 5.59.